The van der Waals surface area contributed by atoms with E-state index in [9.17, 15) is 17.2 Å². The first-order valence-corrected chi connectivity index (χ1v) is 7.88. The van der Waals surface area contributed by atoms with E-state index in [0.717, 1.165) is 12.1 Å². The number of hydrogen-bond acceptors (Lipinski definition) is 2. The number of anilines is 1. The van der Waals surface area contributed by atoms with Crippen LogP contribution in [0.15, 0.2) is 45.8 Å². The average molecular weight is 383 g/mol. The number of rotatable bonds is 3. The lowest BCUT2D eigenvalue weighted by Gasteiger charge is -2.10. The van der Waals surface area contributed by atoms with E-state index in [2.05, 4.69) is 15.9 Å². The van der Waals surface area contributed by atoms with Gasteiger partial charge in [0.1, 0.15) is 5.82 Å². The summed E-state index contributed by atoms with van der Waals surface area (Å²) in [5.74, 6) is -1.86. The molecule has 0 unspecified atom stereocenters. The number of benzene rings is 2. The van der Waals surface area contributed by atoms with Crippen molar-refractivity contribution in [2.75, 3.05) is 4.72 Å². The molecule has 0 heterocycles. The molecule has 0 saturated heterocycles. The van der Waals surface area contributed by atoms with Crippen molar-refractivity contribution in [1.82, 2.24) is 0 Å². The van der Waals surface area contributed by atoms with Crippen LogP contribution in [-0.4, -0.2) is 8.42 Å². The fraction of sp³-hybridized carbons (Fsp3) is 0. The van der Waals surface area contributed by atoms with Crippen LogP contribution in [0.3, 0.4) is 0 Å². The average Bonchev–Trinajstić information content (AvgIpc) is 2.39. The van der Waals surface area contributed by atoms with Crippen molar-refractivity contribution in [2.24, 2.45) is 0 Å². The van der Waals surface area contributed by atoms with Crippen molar-refractivity contribution in [1.29, 1.82) is 0 Å². The van der Waals surface area contributed by atoms with Gasteiger partial charge in [-0.25, -0.2) is 17.2 Å². The summed E-state index contributed by atoms with van der Waals surface area (Å²) in [6.45, 7) is 0. The Bertz CT molecular complexity index is 768. The van der Waals surface area contributed by atoms with Gasteiger partial charge < -0.3 is 0 Å². The molecule has 0 spiro atoms. The van der Waals surface area contributed by atoms with Gasteiger partial charge in [-0.15, -0.1) is 0 Å². The summed E-state index contributed by atoms with van der Waals surface area (Å²) in [7, 11) is -4.01. The zero-order chi connectivity index (χ0) is 14.9. The molecule has 2 aromatic rings. The minimum atomic E-state index is -4.01. The molecule has 106 valence electrons. The van der Waals surface area contributed by atoms with Crippen LogP contribution in [0, 0.1) is 11.6 Å². The van der Waals surface area contributed by atoms with Crippen LogP contribution in [-0.2, 0) is 10.0 Å². The first kappa shape index (κ1) is 15.2. The minimum absolute atomic E-state index is 0.121. The third-order valence-electron chi connectivity index (χ3n) is 2.39. The monoisotopic (exact) mass is 381 g/mol. The Labute approximate surface area is 127 Å². The molecule has 3 nitrogen and oxygen atoms in total. The highest BCUT2D eigenvalue weighted by Crippen LogP contribution is 2.28. The van der Waals surface area contributed by atoms with Gasteiger partial charge in [0.2, 0.25) is 0 Å². The Morgan fingerprint density at radius 3 is 2.50 bits per heavy atom. The number of nitrogens with one attached hydrogen (secondary N) is 1. The predicted octanol–water partition coefficient (Wildman–Crippen LogP) is 4.18. The molecule has 20 heavy (non-hydrogen) atoms. The fourth-order valence-electron chi connectivity index (χ4n) is 1.44. The Hall–Kier alpha value is -1.18. The van der Waals surface area contributed by atoms with Gasteiger partial charge in [0, 0.05) is 5.02 Å². The summed E-state index contributed by atoms with van der Waals surface area (Å²) >= 11 is 8.41. The first-order chi connectivity index (χ1) is 9.31. The molecule has 2 rings (SSSR count). The summed E-state index contributed by atoms with van der Waals surface area (Å²) in [6.07, 6.45) is 0. The van der Waals surface area contributed by atoms with Crippen molar-refractivity contribution in [3.8, 4) is 0 Å². The van der Waals surface area contributed by atoms with Gasteiger partial charge in [0.05, 0.1) is 15.1 Å². The van der Waals surface area contributed by atoms with Gasteiger partial charge in [-0.1, -0.05) is 17.7 Å². The molecule has 2 aromatic carbocycles. The topological polar surface area (TPSA) is 46.2 Å². The Balaban J connectivity index is 2.41. The maximum atomic E-state index is 13.7. The lowest BCUT2D eigenvalue weighted by Crippen LogP contribution is -2.14. The molecule has 0 bridgehead atoms. The highest BCUT2D eigenvalue weighted by atomic mass is 79.9. The van der Waals surface area contributed by atoms with Gasteiger partial charge in [0.25, 0.3) is 10.0 Å². The molecule has 1 N–H and O–H groups in total. The Morgan fingerprint density at radius 1 is 1.15 bits per heavy atom. The molecule has 0 saturated carbocycles. The summed E-state index contributed by atoms with van der Waals surface area (Å²) in [6, 6.07) is 7.44. The highest BCUT2D eigenvalue weighted by Gasteiger charge is 2.19. The van der Waals surface area contributed by atoms with Crippen LogP contribution < -0.4 is 4.72 Å². The van der Waals surface area contributed by atoms with E-state index in [4.69, 9.17) is 11.6 Å². The lowest BCUT2D eigenvalue weighted by molar-refractivity contribution is 0.572. The molecule has 0 aromatic heterocycles. The van der Waals surface area contributed by atoms with E-state index < -0.39 is 26.1 Å². The molecule has 0 aliphatic rings. The van der Waals surface area contributed by atoms with E-state index in [1.807, 2.05) is 4.72 Å². The highest BCUT2D eigenvalue weighted by molar-refractivity contribution is 9.10. The van der Waals surface area contributed by atoms with Crippen molar-refractivity contribution in [3.05, 3.63) is 57.5 Å². The van der Waals surface area contributed by atoms with Gasteiger partial charge >= 0.3 is 0 Å². The summed E-state index contributed by atoms with van der Waals surface area (Å²) in [5.41, 5.74) is -0.363. The van der Waals surface area contributed by atoms with Crippen LogP contribution >= 0.6 is 27.5 Å². The van der Waals surface area contributed by atoms with E-state index >= 15 is 0 Å². The second-order valence-corrected chi connectivity index (χ2v) is 6.70. The number of hydrogen-bond donors (Lipinski definition) is 1. The van der Waals surface area contributed by atoms with Crippen LogP contribution in [0.5, 0.6) is 0 Å². The Kier molecular flexibility index (Phi) is 4.31. The molecule has 0 fully saturated rings. The second kappa shape index (κ2) is 5.67. The van der Waals surface area contributed by atoms with Crippen LogP contribution in [0.1, 0.15) is 0 Å². The van der Waals surface area contributed by atoms with Crippen molar-refractivity contribution >= 4 is 43.2 Å². The maximum absolute atomic E-state index is 13.7. The lowest BCUT2D eigenvalue weighted by atomic mass is 10.3. The smallest absolute Gasteiger partial charge is 0.262 e. The van der Waals surface area contributed by atoms with E-state index in [-0.39, 0.29) is 15.6 Å². The summed E-state index contributed by atoms with van der Waals surface area (Å²) in [5, 5.41) is 0.230. The molecular formula is C12H7BrClF2NO2S. The zero-order valence-electron chi connectivity index (χ0n) is 9.70. The SMILES string of the molecule is O=S(=O)(Nc1ccc(F)c(Br)c1F)c1cccc(Cl)c1. The van der Waals surface area contributed by atoms with Gasteiger partial charge in [-0.05, 0) is 46.3 Å². The fourth-order valence-corrected chi connectivity index (χ4v) is 3.15. The quantitative estimate of drug-likeness (QED) is 0.810. The predicted molar refractivity (Wildman–Crippen MR) is 76.3 cm³/mol. The Morgan fingerprint density at radius 2 is 1.85 bits per heavy atom. The molecule has 0 atom stereocenters. The largest absolute Gasteiger partial charge is 0.277 e. The van der Waals surface area contributed by atoms with Gasteiger partial charge in [0.15, 0.2) is 5.82 Å². The molecule has 8 heteroatoms. The summed E-state index contributed by atoms with van der Waals surface area (Å²) < 4.78 is 52.5. The standard InChI is InChI=1S/C12H7BrClF2NO2S/c13-11-9(15)4-5-10(12(11)16)17-20(18,19)8-3-1-2-7(14)6-8/h1-6,17H. The molecular weight excluding hydrogens is 376 g/mol. The third kappa shape index (κ3) is 3.11. The van der Waals surface area contributed by atoms with Gasteiger partial charge in [-0.3, -0.25) is 4.72 Å². The second-order valence-electron chi connectivity index (χ2n) is 3.79. The summed E-state index contributed by atoms with van der Waals surface area (Å²) in [4.78, 5) is -0.121. The maximum Gasteiger partial charge on any atom is 0.262 e. The third-order valence-corrected chi connectivity index (χ3v) is 4.71. The molecule has 0 radical (unpaired) electrons. The van der Waals surface area contributed by atoms with Crippen LogP contribution in [0.25, 0.3) is 0 Å². The molecule has 0 amide bonds. The van der Waals surface area contributed by atoms with Crippen LogP contribution in [0.4, 0.5) is 14.5 Å². The van der Waals surface area contributed by atoms with Crippen molar-refractivity contribution in [3.63, 3.8) is 0 Å². The van der Waals surface area contributed by atoms with E-state index in [1.54, 1.807) is 0 Å². The van der Waals surface area contributed by atoms with Crippen LogP contribution in [0.2, 0.25) is 5.02 Å². The molecule has 0 aliphatic heterocycles. The molecule has 0 aliphatic carbocycles. The zero-order valence-corrected chi connectivity index (χ0v) is 12.9. The number of halogens is 4. The minimum Gasteiger partial charge on any atom is -0.277 e. The van der Waals surface area contributed by atoms with Crippen molar-refractivity contribution < 1.29 is 17.2 Å². The van der Waals surface area contributed by atoms with E-state index in [0.29, 0.717) is 0 Å². The van der Waals surface area contributed by atoms with Crippen molar-refractivity contribution in [2.45, 2.75) is 4.90 Å². The first-order valence-electron chi connectivity index (χ1n) is 5.23. The normalized spacial score (nSPS) is 11.4. The number of sulfonamides is 1. The van der Waals surface area contributed by atoms with E-state index in [1.165, 1.54) is 24.3 Å². The van der Waals surface area contributed by atoms with Gasteiger partial charge in [-0.2, -0.15) is 0 Å².